The first kappa shape index (κ1) is 30.4. The van der Waals surface area contributed by atoms with E-state index >= 15 is 0 Å². The Morgan fingerprint density at radius 3 is 2.42 bits per heavy atom. The molecule has 0 spiro atoms. The third-order valence-corrected chi connectivity index (χ3v) is 9.09. The van der Waals surface area contributed by atoms with Crippen molar-refractivity contribution in [1.29, 1.82) is 0 Å². The van der Waals surface area contributed by atoms with E-state index in [0.717, 1.165) is 47.6 Å². The molecular formula is C36H42N6O3. The highest BCUT2D eigenvalue weighted by Crippen LogP contribution is 2.43. The number of para-hydroxylation sites is 1. The summed E-state index contributed by atoms with van der Waals surface area (Å²) in [6, 6.07) is 18.0. The number of nitrogens with zero attached hydrogens (tertiary/aromatic N) is 5. The molecule has 234 valence electrons. The Labute approximate surface area is 265 Å². The van der Waals surface area contributed by atoms with Crippen molar-refractivity contribution in [1.82, 2.24) is 14.9 Å². The van der Waals surface area contributed by atoms with Gasteiger partial charge in [-0.25, -0.2) is 14.7 Å². The summed E-state index contributed by atoms with van der Waals surface area (Å²) >= 11 is 0. The molecule has 2 aliphatic rings. The molecule has 4 aromatic rings. The van der Waals surface area contributed by atoms with Gasteiger partial charge >= 0.3 is 6.03 Å². The molecule has 0 radical (unpaired) electrons. The molecule has 9 nitrogen and oxygen atoms in total. The number of amides is 2. The van der Waals surface area contributed by atoms with Crippen LogP contribution in [0.1, 0.15) is 53.5 Å². The van der Waals surface area contributed by atoms with E-state index in [-0.39, 0.29) is 6.03 Å². The fourth-order valence-electron chi connectivity index (χ4n) is 6.55. The van der Waals surface area contributed by atoms with Crippen LogP contribution < -0.4 is 24.6 Å². The van der Waals surface area contributed by atoms with Crippen LogP contribution in [0.4, 0.5) is 33.6 Å². The fourth-order valence-corrected chi connectivity index (χ4v) is 6.55. The van der Waals surface area contributed by atoms with E-state index in [4.69, 9.17) is 19.4 Å². The molecule has 1 N–H and O–H groups in total. The SMILES string of the molecule is CCc1cc(C2CCN(C)CC2)ccc1Nc1ncc2c(n1)N(c1ccc(OC)cc1OC)C(=O)N(c1c(C)cccc1C)C2. The number of benzene rings is 3. The van der Waals surface area contributed by atoms with Crippen molar-refractivity contribution in [3.05, 3.63) is 88.6 Å². The minimum Gasteiger partial charge on any atom is -0.497 e. The second-order valence-electron chi connectivity index (χ2n) is 12.0. The molecule has 2 amide bonds. The number of piperidine rings is 1. The minimum absolute atomic E-state index is 0.218. The van der Waals surface area contributed by atoms with Crippen molar-refractivity contribution in [2.24, 2.45) is 0 Å². The number of nitrogens with one attached hydrogen (secondary N) is 1. The van der Waals surface area contributed by atoms with Crippen molar-refractivity contribution in [3.63, 3.8) is 0 Å². The lowest BCUT2D eigenvalue weighted by Crippen LogP contribution is -2.46. The first-order chi connectivity index (χ1) is 21.8. The molecule has 0 saturated carbocycles. The van der Waals surface area contributed by atoms with Crippen LogP contribution in [0.15, 0.2) is 60.8 Å². The Bertz CT molecular complexity index is 1700. The van der Waals surface area contributed by atoms with E-state index in [2.05, 4.69) is 42.4 Å². The quantitative estimate of drug-likeness (QED) is 0.222. The van der Waals surface area contributed by atoms with Crippen molar-refractivity contribution in [2.45, 2.75) is 52.5 Å². The highest BCUT2D eigenvalue weighted by atomic mass is 16.5. The zero-order valence-corrected chi connectivity index (χ0v) is 27.1. The third-order valence-electron chi connectivity index (χ3n) is 9.09. The van der Waals surface area contributed by atoms with Gasteiger partial charge in [0.2, 0.25) is 5.95 Å². The number of hydrogen-bond acceptors (Lipinski definition) is 7. The topological polar surface area (TPSA) is 83.1 Å². The number of aryl methyl sites for hydroxylation is 3. The van der Waals surface area contributed by atoms with Crippen LogP contribution in [0.3, 0.4) is 0 Å². The Morgan fingerprint density at radius 2 is 1.73 bits per heavy atom. The van der Waals surface area contributed by atoms with Gasteiger partial charge in [0.15, 0.2) is 5.82 Å². The number of anilines is 5. The van der Waals surface area contributed by atoms with Gasteiger partial charge in [0.1, 0.15) is 11.5 Å². The number of carbonyl (C=O) groups excluding carboxylic acids is 1. The summed E-state index contributed by atoms with van der Waals surface area (Å²) in [5.41, 5.74) is 7.90. The maximum atomic E-state index is 14.5. The molecule has 0 unspecified atom stereocenters. The normalized spacial score (nSPS) is 15.6. The summed E-state index contributed by atoms with van der Waals surface area (Å²) in [6.07, 6.45) is 5.06. The zero-order chi connectivity index (χ0) is 31.7. The predicted molar refractivity (Wildman–Crippen MR) is 180 cm³/mol. The number of methoxy groups -OCH3 is 2. The molecule has 3 heterocycles. The Hall–Kier alpha value is -4.63. The van der Waals surface area contributed by atoms with Crippen molar-refractivity contribution in [3.8, 4) is 11.5 Å². The third kappa shape index (κ3) is 5.92. The van der Waals surface area contributed by atoms with Gasteiger partial charge in [0, 0.05) is 23.5 Å². The van der Waals surface area contributed by atoms with Gasteiger partial charge in [0.05, 0.1) is 32.1 Å². The van der Waals surface area contributed by atoms with Crippen LogP contribution in [-0.4, -0.2) is 55.3 Å². The number of fused-ring (bicyclic) bond motifs is 1. The molecule has 1 fully saturated rings. The van der Waals surface area contributed by atoms with Crippen molar-refractivity contribution >= 4 is 34.9 Å². The van der Waals surface area contributed by atoms with Gasteiger partial charge in [-0.2, -0.15) is 4.98 Å². The minimum atomic E-state index is -0.218. The molecule has 45 heavy (non-hydrogen) atoms. The zero-order valence-electron chi connectivity index (χ0n) is 27.1. The summed E-state index contributed by atoms with van der Waals surface area (Å²) in [6.45, 7) is 8.83. The number of likely N-dealkylation sites (tertiary alicyclic amines) is 1. The molecule has 2 aliphatic heterocycles. The largest absolute Gasteiger partial charge is 0.497 e. The van der Waals surface area contributed by atoms with E-state index in [1.54, 1.807) is 30.1 Å². The molecule has 3 aromatic carbocycles. The maximum absolute atomic E-state index is 14.5. The Balaban J connectivity index is 1.40. The van der Waals surface area contributed by atoms with Crippen LogP contribution in [0.2, 0.25) is 0 Å². The summed E-state index contributed by atoms with van der Waals surface area (Å²) in [7, 11) is 5.39. The molecule has 1 aromatic heterocycles. The van der Waals surface area contributed by atoms with Crippen molar-refractivity contribution in [2.75, 3.05) is 49.5 Å². The maximum Gasteiger partial charge on any atom is 0.335 e. The summed E-state index contributed by atoms with van der Waals surface area (Å²) in [5.74, 6) is 2.67. The second kappa shape index (κ2) is 12.8. The van der Waals surface area contributed by atoms with E-state index in [9.17, 15) is 4.79 Å². The monoisotopic (exact) mass is 606 g/mol. The number of rotatable bonds is 8. The lowest BCUT2D eigenvalue weighted by atomic mass is 9.88. The number of carbonyl (C=O) groups is 1. The van der Waals surface area contributed by atoms with Gasteiger partial charge in [-0.3, -0.25) is 4.90 Å². The van der Waals surface area contributed by atoms with Crippen LogP contribution in [-0.2, 0) is 13.0 Å². The molecule has 0 aliphatic carbocycles. The van der Waals surface area contributed by atoms with Gasteiger partial charge in [-0.1, -0.05) is 37.3 Å². The second-order valence-corrected chi connectivity index (χ2v) is 12.0. The van der Waals surface area contributed by atoms with E-state index in [0.29, 0.717) is 41.4 Å². The molecule has 0 atom stereocenters. The number of aromatic nitrogens is 2. The molecule has 9 heteroatoms. The lowest BCUT2D eigenvalue weighted by Gasteiger charge is -2.37. The fraction of sp³-hybridized carbons (Fsp3) is 0.361. The smallest absolute Gasteiger partial charge is 0.335 e. The summed E-state index contributed by atoms with van der Waals surface area (Å²) in [4.78, 5) is 30.0. The van der Waals surface area contributed by atoms with Gasteiger partial charge in [-0.05, 0) is 99.6 Å². The first-order valence-electron chi connectivity index (χ1n) is 15.6. The molecule has 6 rings (SSSR count). The highest BCUT2D eigenvalue weighted by molar-refractivity contribution is 6.11. The van der Waals surface area contributed by atoms with E-state index in [1.165, 1.54) is 24.0 Å². The van der Waals surface area contributed by atoms with E-state index in [1.807, 2.05) is 50.4 Å². The van der Waals surface area contributed by atoms with Crippen LogP contribution in [0.25, 0.3) is 0 Å². The molecule has 0 bridgehead atoms. The first-order valence-corrected chi connectivity index (χ1v) is 15.6. The Kier molecular flexibility index (Phi) is 8.63. The summed E-state index contributed by atoms with van der Waals surface area (Å²) < 4.78 is 11.2. The number of hydrogen-bond donors (Lipinski definition) is 1. The standard InChI is InChI=1S/C36H42N6O3/c1-7-25-19-27(26-15-17-40(4)18-16-26)11-13-30(25)38-35-37-21-28-22-41(33-23(2)9-8-10-24(33)3)36(43)42(34(28)39-35)31-14-12-29(44-5)20-32(31)45-6/h8-14,19-21,26H,7,15-18,22H2,1-6H3,(H,37,38,39). The van der Waals surface area contributed by atoms with Gasteiger partial charge < -0.3 is 19.7 Å². The molecular weight excluding hydrogens is 564 g/mol. The molecule has 1 saturated heterocycles. The summed E-state index contributed by atoms with van der Waals surface area (Å²) in [5, 5.41) is 3.47. The average Bonchev–Trinajstić information content (AvgIpc) is 3.05. The van der Waals surface area contributed by atoms with Gasteiger partial charge in [0.25, 0.3) is 0 Å². The lowest BCUT2D eigenvalue weighted by molar-refractivity contribution is 0.252. The van der Waals surface area contributed by atoms with Crippen LogP contribution in [0, 0.1) is 13.8 Å². The van der Waals surface area contributed by atoms with E-state index < -0.39 is 0 Å². The predicted octanol–water partition coefficient (Wildman–Crippen LogP) is 7.50. The average molecular weight is 607 g/mol. The number of urea groups is 1. The van der Waals surface area contributed by atoms with Crippen LogP contribution in [0.5, 0.6) is 11.5 Å². The number of ether oxygens (including phenoxy) is 2. The van der Waals surface area contributed by atoms with Crippen LogP contribution >= 0.6 is 0 Å². The van der Waals surface area contributed by atoms with Crippen molar-refractivity contribution < 1.29 is 14.3 Å². The highest BCUT2D eigenvalue weighted by Gasteiger charge is 2.37. The Morgan fingerprint density at radius 1 is 0.978 bits per heavy atom. The van der Waals surface area contributed by atoms with Gasteiger partial charge in [-0.15, -0.1) is 0 Å².